The van der Waals surface area contributed by atoms with Crippen LogP contribution in [0.25, 0.3) is 28.7 Å². The van der Waals surface area contributed by atoms with Gasteiger partial charge in [-0.2, -0.15) is 0 Å². The van der Waals surface area contributed by atoms with Gasteiger partial charge in [0.15, 0.2) is 11.5 Å². The van der Waals surface area contributed by atoms with E-state index in [1.165, 1.54) is 25.7 Å². The molecule has 0 saturated carbocycles. The third-order valence-corrected chi connectivity index (χ3v) is 10.1. The Balaban J connectivity index is 0.810. The lowest BCUT2D eigenvalue weighted by Gasteiger charge is -2.20. The van der Waals surface area contributed by atoms with Crippen LogP contribution in [0.2, 0.25) is 0 Å². The fraction of sp³-hybridized carbons (Fsp3) is 0.333. The van der Waals surface area contributed by atoms with Gasteiger partial charge in [0, 0.05) is 18.8 Å². The molecule has 1 amide bonds. The first-order valence-electron chi connectivity index (χ1n) is 19.3. The predicted molar refractivity (Wildman–Crippen MR) is 216 cm³/mol. The second-order valence-electron chi connectivity index (χ2n) is 13.9. The number of hydrogen-bond donors (Lipinski definition) is 0. The highest BCUT2D eigenvalue weighted by molar-refractivity contribution is 6.03. The molecule has 278 valence electrons. The van der Waals surface area contributed by atoms with Crippen molar-refractivity contribution >= 4 is 40.9 Å². The number of rotatable bonds is 17. The summed E-state index contributed by atoms with van der Waals surface area (Å²) < 4.78 is 19.4. The van der Waals surface area contributed by atoms with E-state index in [1.54, 1.807) is 17.7 Å². The van der Waals surface area contributed by atoms with Gasteiger partial charge in [0.1, 0.15) is 11.6 Å². The molecule has 1 aromatic heterocycles. The van der Waals surface area contributed by atoms with Crippen molar-refractivity contribution in [3.05, 3.63) is 118 Å². The highest BCUT2D eigenvalue weighted by Gasteiger charge is 2.32. The van der Waals surface area contributed by atoms with Crippen LogP contribution in [0.15, 0.2) is 101 Å². The van der Waals surface area contributed by atoms with Gasteiger partial charge in [0.05, 0.1) is 54.2 Å². The first-order chi connectivity index (χ1) is 26.6. The zero-order chi connectivity index (χ0) is 37.1. The van der Waals surface area contributed by atoms with E-state index < -0.39 is 0 Å². The molecule has 7 rings (SSSR count). The number of amides is 1. The van der Waals surface area contributed by atoms with Crippen molar-refractivity contribution in [3.63, 3.8) is 0 Å². The highest BCUT2D eigenvalue weighted by Crippen LogP contribution is 2.38. The van der Waals surface area contributed by atoms with Crippen molar-refractivity contribution in [1.29, 1.82) is 0 Å². The van der Waals surface area contributed by atoms with Gasteiger partial charge in [0.2, 0.25) is 0 Å². The smallest absolute Gasteiger partial charge is 0.266 e. The van der Waals surface area contributed by atoms with Crippen LogP contribution >= 0.6 is 0 Å². The molecule has 1 atom stereocenters. The van der Waals surface area contributed by atoms with Gasteiger partial charge in [-0.25, -0.2) is 4.98 Å². The molecule has 5 aromatic rings. The molecular formula is C45H48N4O5. The molecule has 1 fully saturated rings. The summed E-state index contributed by atoms with van der Waals surface area (Å²) in [7, 11) is 1.61. The van der Waals surface area contributed by atoms with Crippen molar-refractivity contribution in [2.45, 2.75) is 70.3 Å². The lowest BCUT2D eigenvalue weighted by Crippen LogP contribution is -2.35. The Morgan fingerprint density at radius 2 is 1.46 bits per heavy atom. The van der Waals surface area contributed by atoms with Gasteiger partial charge in [0.25, 0.3) is 11.5 Å². The molecule has 0 aliphatic carbocycles. The number of nitrogens with zero attached hydrogens (tertiary/aromatic N) is 4. The van der Waals surface area contributed by atoms with E-state index in [1.807, 2.05) is 108 Å². The summed E-state index contributed by atoms with van der Waals surface area (Å²) in [5.74, 6) is 2.59. The van der Waals surface area contributed by atoms with Crippen molar-refractivity contribution < 1.29 is 19.0 Å². The van der Waals surface area contributed by atoms with Gasteiger partial charge in [-0.05, 0) is 79.8 Å². The minimum absolute atomic E-state index is 0.0190. The fourth-order valence-corrected chi connectivity index (χ4v) is 7.19. The summed E-state index contributed by atoms with van der Waals surface area (Å²) >= 11 is 0. The Labute approximate surface area is 316 Å². The average Bonchev–Trinajstić information content (AvgIpc) is 3.64. The van der Waals surface area contributed by atoms with Gasteiger partial charge >= 0.3 is 0 Å². The second kappa shape index (κ2) is 17.9. The maximum atomic E-state index is 13.6. The monoisotopic (exact) mass is 724 g/mol. The van der Waals surface area contributed by atoms with Gasteiger partial charge in [-0.3, -0.25) is 19.1 Å². The largest absolute Gasteiger partial charge is 0.494 e. The number of methoxy groups -OCH3 is 1. The predicted octanol–water partition coefficient (Wildman–Crippen LogP) is 9.46. The van der Waals surface area contributed by atoms with Crippen molar-refractivity contribution in [2.24, 2.45) is 4.99 Å². The SMILES string of the molecule is COc1cc2c(cc1OCCCCCCCCCCOc1ccc(-n3c(C=Cc4ccccc4)nc4ccccc4c3=O)cc1)N=C[C@@H]1CCCN1C2=O. The molecule has 2 aliphatic heterocycles. The van der Waals surface area contributed by atoms with E-state index in [2.05, 4.69) is 4.99 Å². The molecule has 3 heterocycles. The molecule has 0 unspecified atom stereocenters. The van der Waals surface area contributed by atoms with E-state index >= 15 is 0 Å². The van der Waals surface area contributed by atoms with Crippen LogP contribution < -0.4 is 19.8 Å². The van der Waals surface area contributed by atoms with Crippen LogP contribution in [0, 0.1) is 0 Å². The van der Waals surface area contributed by atoms with E-state index in [4.69, 9.17) is 19.2 Å². The summed E-state index contributed by atoms with van der Waals surface area (Å²) in [5, 5.41) is 0.581. The molecule has 0 spiro atoms. The molecule has 0 radical (unpaired) electrons. The zero-order valence-corrected chi connectivity index (χ0v) is 31.0. The maximum absolute atomic E-state index is 13.6. The van der Waals surface area contributed by atoms with Crippen LogP contribution in [-0.2, 0) is 0 Å². The molecule has 2 aliphatic rings. The molecule has 0 bridgehead atoms. The number of carbonyl (C=O) groups is 1. The van der Waals surface area contributed by atoms with Crippen molar-refractivity contribution in [1.82, 2.24) is 14.5 Å². The van der Waals surface area contributed by atoms with Gasteiger partial charge < -0.3 is 19.1 Å². The van der Waals surface area contributed by atoms with Crippen molar-refractivity contribution in [3.8, 4) is 22.9 Å². The molecule has 9 nitrogen and oxygen atoms in total. The minimum Gasteiger partial charge on any atom is -0.494 e. The van der Waals surface area contributed by atoms with E-state index in [-0.39, 0.29) is 17.5 Å². The topological polar surface area (TPSA) is 95.2 Å². The van der Waals surface area contributed by atoms with Gasteiger partial charge in [-0.15, -0.1) is 0 Å². The van der Waals surface area contributed by atoms with Crippen LogP contribution in [0.5, 0.6) is 17.2 Å². The lowest BCUT2D eigenvalue weighted by molar-refractivity contribution is 0.0774. The number of benzene rings is 4. The number of unbranched alkanes of at least 4 members (excludes halogenated alkanes) is 7. The third kappa shape index (κ3) is 8.73. The van der Waals surface area contributed by atoms with Crippen LogP contribution in [0.4, 0.5) is 5.69 Å². The summed E-state index contributed by atoms with van der Waals surface area (Å²) in [6.07, 6.45) is 16.7. The van der Waals surface area contributed by atoms with Gasteiger partial charge in [-0.1, -0.05) is 87.1 Å². The molecule has 0 N–H and O–H groups in total. The quantitative estimate of drug-likeness (QED) is 0.0887. The summed E-state index contributed by atoms with van der Waals surface area (Å²) in [5.41, 5.74) is 3.58. The lowest BCUT2D eigenvalue weighted by atomic mass is 10.1. The Hall–Kier alpha value is -5.70. The number of aromatic nitrogens is 2. The third-order valence-electron chi connectivity index (χ3n) is 10.1. The molecule has 9 heteroatoms. The van der Waals surface area contributed by atoms with E-state index in [0.717, 1.165) is 62.1 Å². The minimum atomic E-state index is -0.105. The Bertz CT molecular complexity index is 2160. The average molecular weight is 725 g/mol. The van der Waals surface area contributed by atoms with E-state index in [0.29, 0.717) is 52.7 Å². The van der Waals surface area contributed by atoms with Crippen molar-refractivity contribution in [2.75, 3.05) is 26.9 Å². The first-order valence-corrected chi connectivity index (χ1v) is 19.3. The highest BCUT2D eigenvalue weighted by atomic mass is 16.5. The van der Waals surface area contributed by atoms with Crippen LogP contribution in [-0.4, -0.2) is 59.5 Å². The molecular weight excluding hydrogens is 677 g/mol. The van der Waals surface area contributed by atoms with E-state index in [9.17, 15) is 9.59 Å². The molecule has 1 saturated heterocycles. The Morgan fingerprint density at radius 3 is 2.22 bits per heavy atom. The zero-order valence-electron chi connectivity index (χ0n) is 31.0. The first kappa shape index (κ1) is 36.6. The number of ether oxygens (including phenoxy) is 3. The van der Waals surface area contributed by atoms with Crippen LogP contribution in [0.1, 0.15) is 86.0 Å². The number of carbonyl (C=O) groups excluding carboxylic acids is 1. The van der Waals surface area contributed by atoms with Crippen LogP contribution in [0.3, 0.4) is 0 Å². The normalized spacial score (nSPS) is 15.0. The molecule has 54 heavy (non-hydrogen) atoms. The second-order valence-corrected chi connectivity index (χ2v) is 13.9. The summed E-state index contributed by atoms with van der Waals surface area (Å²) in [6.45, 7) is 2.03. The summed E-state index contributed by atoms with van der Waals surface area (Å²) in [6, 6.07) is 28.8. The Kier molecular flexibility index (Phi) is 12.1. The maximum Gasteiger partial charge on any atom is 0.266 e. The molecule has 4 aromatic carbocycles. The summed E-state index contributed by atoms with van der Waals surface area (Å²) in [4.78, 5) is 38.1. The number of para-hydroxylation sites is 1. The number of fused-ring (bicyclic) bond motifs is 3. The standard InChI is InChI=1S/C45H48N4O5/c1-52-41-30-38-40(46-32-35-18-15-27-48(35)44(38)50)31-42(41)54-29-14-7-5-3-2-4-6-13-28-53-36-24-22-34(23-25-36)49-43(26-21-33-16-9-8-10-17-33)47-39-20-12-11-19-37(39)45(49)51/h8-12,16-17,19-26,30-32,35H,2-7,13-15,18,27-29H2,1H3/t35-/m0/s1. The number of aliphatic imine (C=N–C) groups is 1. The number of hydrogen-bond acceptors (Lipinski definition) is 7. The fourth-order valence-electron chi connectivity index (χ4n) is 7.19. The Morgan fingerprint density at radius 1 is 0.759 bits per heavy atom.